The van der Waals surface area contributed by atoms with Crippen molar-refractivity contribution in [3.05, 3.63) is 221 Å². The number of nitrogens with zero attached hydrogens (tertiary/aromatic N) is 2. The highest BCUT2D eigenvalue weighted by Gasteiger charge is 2.37. The van der Waals surface area contributed by atoms with Gasteiger partial charge < -0.3 is 13.7 Å². The van der Waals surface area contributed by atoms with Gasteiger partial charge in [0, 0.05) is 56.0 Å². The molecule has 2 aromatic heterocycles. The molecule has 4 heterocycles. The van der Waals surface area contributed by atoms with E-state index in [1.54, 1.807) is 0 Å². The third-order valence-electron chi connectivity index (χ3n) is 12.8. The van der Waals surface area contributed by atoms with Gasteiger partial charge in [-0.15, -0.1) is 0 Å². The van der Waals surface area contributed by atoms with Crippen LogP contribution in [0.25, 0.3) is 72.0 Å². The molecular formula is C56H36N2O2. The summed E-state index contributed by atoms with van der Waals surface area (Å²) in [5.74, 6) is 0.257. The molecule has 0 amide bonds. The second-order valence-corrected chi connectivity index (χ2v) is 16.1. The molecule has 10 aromatic rings. The van der Waals surface area contributed by atoms with Gasteiger partial charge in [-0.25, -0.2) is 4.99 Å². The van der Waals surface area contributed by atoms with Crippen molar-refractivity contribution in [2.45, 2.75) is 18.8 Å². The summed E-state index contributed by atoms with van der Waals surface area (Å²) in [6.07, 6.45) is 8.66. The maximum atomic E-state index is 6.79. The Morgan fingerprint density at radius 2 is 1.20 bits per heavy atom. The number of hydrogen-bond acceptors (Lipinski definition) is 4. The number of furan rings is 2. The minimum Gasteiger partial charge on any atom is -0.456 e. The average molecular weight is 769 g/mol. The topological polar surface area (TPSA) is 41.9 Å². The molecule has 1 atom stereocenters. The first-order chi connectivity index (χ1) is 29.7. The van der Waals surface area contributed by atoms with Gasteiger partial charge in [0.2, 0.25) is 0 Å². The molecule has 0 bridgehead atoms. The Kier molecular flexibility index (Phi) is 7.16. The molecule has 1 aliphatic carbocycles. The predicted octanol–water partition coefficient (Wildman–Crippen LogP) is 14.8. The number of rotatable bonds is 4. The molecule has 0 saturated carbocycles. The summed E-state index contributed by atoms with van der Waals surface area (Å²) >= 11 is 0. The third-order valence-corrected chi connectivity index (χ3v) is 12.8. The second-order valence-electron chi connectivity index (χ2n) is 16.1. The first-order valence-corrected chi connectivity index (χ1v) is 20.8. The largest absolute Gasteiger partial charge is 0.456 e. The summed E-state index contributed by atoms with van der Waals surface area (Å²) in [7, 11) is 0. The Labute approximate surface area is 346 Å². The summed E-state index contributed by atoms with van der Waals surface area (Å²) in [4.78, 5) is 8.20. The van der Waals surface area contributed by atoms with Crippen molar-refractivity contribution < 1.29 is 8.83 Å². The zero-order chi connectivity index (χ0) is 39.3. The zero-order valence-corrected chi connectivity index (χ0v) is 32.6. The molecule has 3 aliphatic rings. The SMILES string of the molecule is C1=C(c2cccc3oc4ccccc4c23)CC=C(c2cc(N3C4=Cc5ccccc5CC4c4ccccc43)cc3oc4ccccc4c23)N=C1c1cccc2ccccc12. The van der Waals surface area contributed by atoms with Crippen molar-refractivity contribution >= 4 is 89.1 Å². The van der Waals surface area contributed by atoms with E-state index in [9.17, 15) is 0 Å². The van der Waals surface area contributed by atoms with Gasteiger partial charge in [0.05, 0.1) is 17.1 Å². The number of para-hydroxylation sites is 3. The molecule has 0 spiro atoms. The highest BCUT2D eigenvalue weighted by Crippen LogP contribution is 2.53. The van der Waals surface area contributed by atoms with Crippen molar-refractivity contribution in [1.29, 1.82) is 0 Å². The lowest BCUT2D eigenvalue weighted by molar-refractivity contribution is 0.668. The van der Waals surface area contributed by atoms with Crippen molar-refractivity contribution in [2.24, 2.45) is 4.99 Å². The van der Waals surface area contributed by atoms with Crippen LogP contribution in [0.2, 0.25) is 0 Å². The maximum Gasteiger partial charge on any atom is 0.138 e. The van der Waals surface area contributed by atoms with Crippen LogP contribution < -0.4 is 4.90 Å². The Morgan fingerprint density at radius 3 is 2.08 bits per heavy atom. The van der Waals surface area contributed by atoms with Gasteiger partial charge in [-0.3, -0.25) is 0 Å². The van der Waals surface area contributed by atoms with Crippen LogP contribution in [-0.2, 0) is 6.42 Å². The van der Waals surface area contributed by atoms with Crippen molar-refractivity contribution in [3.8, 4) is 0 Å². The molecular weight excluding hydrogens is 733 g/mol. The average Bonchev–Trinajstić information content (AvgIpc) is 3.91. The number of allylic oxidation sites excluding steroid dienone is 4. The summed E-state index contributed by atoms with van der Waals surface area (Å²) in [6.45, 7) is 0. The van der Waals surface area contributed by atoms with Crippen LogP contribution in [0.5, 0.6) is 0 Å². The van der Waals surface area contributed by atoms with Gasteiger partial charge in [-0.2, -0.15) is 0 Å². The molecule has 60 heavy (non-hydrogen) atoms. The lowest BCUT2D eigenvalue weighted by atomic mass is 9.84. The molecule has 4 nitrogen and oxygen atoms in total. The monoisotopic (exact) mass is 768 g/mol. The van der Waals surface area contributed by atoms with Crippen molar-refractivity contribution in [2.75, 3.05) is 4.90 Å². The summed E-state index contributed by atoms with van der Waals surface area (Å²) in [5.41, 5.74) is 17.4. The van der Waals surface area contributed by atoms with E-state index in [1.165, 1.54) is 44.4 Å². The van der Waals surface area contributed by atoms with Crippen LogP contribution >= 0.6 is 0 Å². The standard InChI is InChI=1S/C56H36N2O2/c1-2-15-36-31-50-45(29-35(36)14-1)42-18-5-8-23-49(42)58(50)38-32-46(56-44-20-7-10-25-52(44)60-54(56)33-38)47-28-27-37(30-48(57-47)41-22-11-16-34-13-3-4-17-39(34)41)40-21-12-26-53-55(40)43-19-6-9-24-51(43)59-53/h1-26,28,30-33,45H,27,29H2. The van der Waals surface area contributed by atoms with E-state index in [-0.39, 0.29) is 5.92 Å². The molecule has 0 fully saturated rings. The number of aliphatic imine (C=N–C) groups is 1. The number of anilines is 2. The first kappa shape index (κ1) is 33.3. The minimum atomic E-state index is 0.257. The van der Waals surface area contributed by atoms with E-state index >= 15 is 0 Å². The van der Waals surface area contributed by atoms with Crippen LogP contribution in [0.4, 0.5) is 11.4 Å². The Hall–Kier alpha value is -7.69. The maximum absolute atomic E-state index is 6.79. The highest BCUT2D eigenvalue weighted by atomic mass is 16.3. The van der Waals surface area contributed by atoms with Crippen LogP contribution in [0.3, 0.4) is 0 Å². The smallest absolute Gasteiger partial charge is 0.138 e. The van der Waals surface area contributed by atoms with Gasteiger partial charge in [-0.1, -0.05) is 140 Å². The molecule has 0 N–H and O–H groups in total. The molecule has 1 unspecified atom stereocenters. The van der Waals surface area contributed by atoms with E-state index in [1.807, 2.05) is 6.07 Å². The van der Waals surface area contributed by atoms with Gasteiger partial charge in [0.15, 0.2) is 0 Å². The van der Waals surface area contributed by atoms with E-state index in [0.29, 0.717) is 6.42 Å². The van der Waals surface area contributed by atoms with Crippen molar-refractivity contribution in [3.63, 3.8) is 0 Å². The first-order valence-electron chi connectivity index (χ1n) is 20.8. The molecule has 0 radical (unpaired) electrons. The fraction of sp³-hybridized carbons (Fsp3) is 0.0536. The van der Waals surface area contributed by atoms with Crippen LogP contribution in [0.15, 0.2) is 202 Å². The minimum absolute atomic E-state index is 0.257. The van der Waals surface area contributed by atoms with Crippen LogP contribution in [0, 0.1) is 0 Å². The van der Waals surface area contributed by atoms with E-state index in [2.05, 4.69) is 187 Å². The quantitative estimate of drug-likeness (QED) is 0.179. The normalized spacial score (nSPS) is 16.1. The van der Waals surface area contributed by atoms with E-state index in [0.717, 1.165) is 84.1 Å². The highest BCUT2D eigenvalue weighted by molar-refractivity contribution is 6.23. The molecule has 2 aliphatic heterocycles. The van der Waals surface area contributed by atoms with Crippen LogP contribution in [0.1, 0.15) is 45.7 Å². The van der Waals surface area contributed by atoms with E-state index in [4.69, 9.17) is 13.8 Å². The van der Waals surface area contributed by atoms with Gasteiger partial charge in [-0.05, 0) is 93.9 Å². The Morgan fingerprint density at radius 1 is 0.533 bits per heavy atom. The predicted molar refractivity (Wildman–Crippen MR) is 248 cm³/mol. The van der Waals surface area contributed by atoms with Gasteiger partial charge in [0.25, 0.3) is 0 Å². The lowest BCUT2D eigenvalue weighted by Crippen LogP contribution is -2.17. The Bertz CT molecular complexity index is 3570. The molecule has 13 rings (SSSR count). The number of fused-ring (bicyclic) bond motifs is 11. The van der Waals surface area contributed by atoms with Crippen LogP contribution in [-0.4, -0.2) is 5.71 Å². The van der Waals surface area contributed by atoms with E-state index < -0.39 is 0 Å². The molecule has 4 heteroatoms. The fourth-order valence-electron chi connectivity index (χ4n) is 10.1. The number of hydrogen-bond donors (Lipinski definition) is 0. The van der Waals surface area contributed by atoms with Crippen molar-refractivity contribution in [1.82, 2.24) is 0 Å². The third kappa shape index (κ3) is 5.01. The molecule has 0 saturated heterocycles. The lowest BCUT2D eigenvalue weighted by Gasteiger charge is -2.27. The van der Waals surface area contributed by atoms with Gasteiger partial charge >= 0.3 is 0 Å². The second kappa shape index (κ2) is 12.9. The summed E-state index contributed by atoms with van der Waals surface area (Å²) in [6, 6.07) is 60.6. The molecule has 282 valence electrons. The zero-order valence-electron chi connectivity index (χ0n) is 32.6. The fourth-order valence-corrected chi connectivity index (χ4v) is 10.1. The van der Waals surface area contributed by atoms with Gasteiger partial charge in [0.1, 0.15) is 22.3 Å². The summed E-state index contributed by atoms with van der Waals surface area (Å²) < 4.78 is 13.2. The Balaban J connectivity index is 1.07. The number of benzene rings is 8. The summed E-state index contributed by atoms with van der Waals surface area (Å²) in [5, 5.41) is 6.74. The molecule has 8 aromatic carbocycles.